The molecule has 3 heterocycles. The molecule has 0 aliphatic carbocycles. The maximum absolute atomic E-state index is 12.9. The van der Waals surface area contributed by atoms with Crippen LogP contribution in [0.5, 0.6) is 0 Å². The van der Waals surface area contributed by atoms with Gasteiger partial charge in [0, 0.05) is 31.9 Å². The number of aromatic amines is 1. The fraction of sp³-hybridized carbons (Fsp3) is 0.261. The van der Waals surface area contributed by atoms with Gasteiger partial charge in [0.2, 0.25) is 5.89 Å². The van der Waals surface area contributed by atoms with Crippen molar-refractivity contribution in [2.24, 2.45) is 12.8 Å². The first kappa shape index (κ1) is 22.2. The molecular weight excluding hydrogens is 422 g/mol. The summed E-state index contributed by atoms with van der Waals surface area (Å²) in [6.45, 7) is 2.12. The normalized spacial score (nSPS) is 13.0. The van der Waals surface area contributed by atoms with E-state index in [4.69, 9.17) is 10.2 Å². The zero-order valence-corrected chi connectivity index (χ0v) is 18.6. The number of nitrogens with two attached hydrogens (primary N) is 1. The SMILES string of the molecule is CN(Cc1ccn[nH]1)C(=O)c1cc(-c2nnc([C@](C)(N)Cc3ccccc3)o2)n(C)c(=O)c1. The van der Waals surface area contributed by atoms with Crippen LogP contribution in [0.15, 0.2) is 63.9 Å². The lowest BCUT2D eigenvalue weighted by Crippen LogP contribution is -2.35. The van der Waals surface area contributed by atoms with Gasteiger partial charge in [-0.05, 0) is 31.0 Å². The molecule has 10 heteroatoms. The molecule has 0 bridgehead atoms. The van der Waals surface area contributed by atoms with Crippen LogP contribution in [0.4, 0.5) is 0 Å². The van der Waals surface area contributed by atoms with E-state index in [0.717, 1.165) is 11.3 Å². The van der Waals surface area contributed by atoms with E-state index in [2.05, 4.69) is 20.4 Å². The zero-order chi connectivity index (χ0) is 23.6. The second kappa shape index (κ2) is 8.83. The molecule has 0 saturated carbocycles. The highest BCUT2D eigenvalue weighted by Gasteiger charge is 2.29. The van der Waals surface area contributed by atoms with Gasteiger partial charge in [0.15, 0.2) is 0 Å². The minimum Gasteiger partial charge on any atom is -0.417 e. The number of pyridine rings is 1. The number of benzene rings is 1. The van der Waals surface area contributed by atoms with E-state index in [0.29, 0.717) is 18.7 Å². The number of amides is 1. The Morgan fingerprint density at radius 2 is 1.97 bits per heavy atom. The number of carbonyl (C=O) groups is 1. The van der Waals surface area contributed by atoms with Crippen molar-refractivity contribution in [3.8, 4) is 11.6 Å². The van der Waals surface area contributed by atoms with E-state index >= 15 is 0 Å². The van der Waals surface area contributed by atoms with Crippen LogP contribution in [-0.4, -0.2) is 42.8 Å². The third kappa shape index (κ3) is 4.75. The van der Waals surface area contributed by atoms with Crippen LogP contribution in [0.3, 0.4) is 0 Å². The van der Waals surface area contributed by atoms with Gasteiger partial charge in [-0.15, -0.1) is 10.2 Å². The molecule has 0 radical (unpaired) electrons. The Morgan fingerprint density at radius 1 is 1.21 bits per heavy atom. The Kier molecular flexibility index (Phi) is 5.93. The minimum atomic E-state index is -0.913. The van der Waals surface area contributed by atoms with E-state index in [9.17, 15) is 9.59 Å². The van der Waals surface area contributed by atoms with Crippen LogP contribution < -0.4 is 11.3 Å². The Morgan fingerprint density at radius 3 is 2.67 bits per heavy atom. The van der Waals surface area contributed by atoms with Gasteiger partial charge in [-0.3, -0.25) is 14.7 Å². The van der Waals surface area contributed by atoms with E-state index in [1.54, 1.807) is 39.3 Å². The second-order valence-electron chi connectivity index (χ2n) is 8.26. The number of rotatable bonds is 7. The summed E-state index contributed by atoms with van der Waals surface area (Å²) in [6, 6.07) is 14.4. The first-order valence-electron chi connectivity index (χ1n) is 10.4. The van der Waals surface area contributed by atoms with Crippen LogP contribution in [0.25, 0.3) is 11.6 Å². The third-order valence-corrected chi connectivity index (χ3v) is 5.37. The van der Waals surface area contributed by atoms with Crippen molar-refractivity contribution in [1.29, 1.82) is 0 Å². The molecule has 4 rings (SSSR count). The van der Waals surface area contributed by atoms with Gasteiger partial charge in [-0.2, -0.15) is 5.10 Å². The van der Waals surface area contributed by atoms with Gasteiger partial charge in [0.05, 0.1) is 17.8 Å². The molecule has 0 aliphatic heterocycles. The molecule has 10 nitrogen and oxygen atoms in total. The van der Waals surface area contributed by atoms with Gasteiger partial charge >= 0.3 is 0 Å². The van der Waals surface area contributed by atoms with Crippen molar-refractivity contribution in [2.75, 3.05) is 7.05 Å². The summed E-state index contributed by atoms with van der Waals surface area (Å²) >= 11 is 0. The number of hydrogen-bond donors (Lipinski definition) is 2. The maximum Gasteiger partial charge on any atom is 0.264 e. The van der Waals surface area contributed by atoms with Crippen molar-refractivity contribution < 1.29 is 9.21 Å². The van der Waals surface area contributed by atoms with Gasteiger partial charge in [0.25, 0.3) is 17.4 Å². The zero-order valence-electron chi connectivity index (χ0n) is 18.6. The Bertz CT molecular complexity index is 1310. The van der Waals surface area contributed by atoms with Gasteiger partial charge in [-0.25, -0.2) is 0 Å². The average molecular weight is 447 g/mol. The highest BCUT2D eigenvalue weighted by Crippen LogP contribution is 2.25. The first-order chi connectivity index (χ1) is 15.7. The van der Waals surface area contributed by atoms with Crippen LogP contribution in [0.2, 0.25) is 0 Å². The lowest BCUT2D eigenvalue weighted by molar-refractivity contribution is 0.0783. The van der Waals surface area contributed by atoms with E-state index in [-0.39, 0.29) is 28.8 Å². The molecule has 0 saturated heterocycles. The van der Waals surface area contributed by atoms with Gasteiger partial charge in [-0.1, -0.05) is 30.3 Å². The van der Waals surface area contributed by atoms with Crippen molar-refractivity contribution in [1.82, 2.24) is 29.9 Å². The molecular formula is C23H25N7O3. The van der Waals surface area contributed by atoms with Crippen molar-refractivity contribution in [3.05, 3.63) is 87.8 Å². The fourth-order valence-corrected chi connectivity index (χ4v) is 3.54. The third-order valence-electron chi connectivity index (χ3n) is 5.37. The Balaban J connectivity index is 1.62. The highest BCUT2D eigenvalue weighted by atomic mass is 16.4. The number of hydrogen-bond acceptors (Lipinski definition) is 7. The topological polar surface area (TPSA) is 136 Å². The van der Waals surface area contributed by atoms with Crippen LogP contribution in [-0.2, 0) is 25.6 Å². The molecule has 0 aliphatic rings. The quantitative estimate of drug-likeness (QED) is 0.441. The molecule has 0 unspecified atom stereocenters. The van der Waals surface area contributed by atoms with Gasteiger partial charge < -0.3 is 19.6 Å². The molecule has 0 fully saturated rings. The summed E-state index contributed by atoms with van der Waals surface area (Å²) in [5.74, 6) is 0.0260. The molecule has 0 spiro atoms. The first-order valence-corrected chi connectivity index (χ1v) is 10.4. The van der Waals surface area contributed by atoms with E-state index in [1.807, 2.05) is 30.3 Å². The standard InChI is InChI=1S/C23H25N7O3/c1-23(24,13-15-7-5-4-6-8-15)22-28-27-20(33-22)18-11-16(12-19(31)30(18)3)21(32)29(2)14-17-9-10-25-26-17/h4-12H,13-14,24H2,1-3H3,(H,25,26)/t23-/m1/s1. The van der Waals surface area contributed by atoms with Crippen LogP contribution in [0.1, 0.15) is 34.4 Å². The Hall–Kier alpha value is -4.05. The smallest absolute Gasteiger partial charge is 0.264 e. The van der Waals surface area contributed by atoms with Crippen molar-refractivity contribution in [3.63, 3.8) is 0 Å². The largest absolute Gasteiger partial charge is 0.417 e. The Labute approximate surface area is 190 Å². The minimum absolute atomic E-state index is 0.111. The van der Waals surface area contributed by atoms with Crippen molar-refractivity contribution >= 4 is 5.91 Å². The fourth-order valence-electron chi connectivity index (χ4n) is 3.54. The lowest BCUT2D eigenvalue weighted by atomic mass is 9.94. The average Bonchev–Trinajstić information content (AvgIpc) is 3.48. The second-order valence-corrected chi connectivity index (χ2v) is 8.26. The van der Waals surface area contributed by atoms with Gasteiger partial charge in [0.1, 0.15) is 5.69 Å². The summed E-state index contributed by atoms with van der Waals surface area (Å²) < 4.78 is 7.23. The lowest BCUT2D eigenvalue weighted by Gasteiger charge is -2.20. The molecule has 3 aromatic heterocycles. The number of H-pyrrole nitrogens is 1. The molecule has 1 atom stereocenters. The summed E-state index contributed by atoms with van der Waals surface area (Å²) in [5, 5.41) is 14.9. The van der Waals surface area contributed by atoms with Crippen LogP contribution in [0, 0.1) is 0 Å². The summed E-state index contributed by atoms with van der Waals surface area (Å²) in [7, 11) is 3.23. The molecule has 33 heavy (non-hydrogen) atoms. The van der Waals surface area contributed by atoms with E-state index < -0.39 is 5.54 Å². The summed E-state index contributed by atoms with van der Waals surface area (Å²) in [4.78, 5) is 27.0. The van der Waals surface area contributed by atoms with Crippen LogP contribution >= 0.6 is 0 Å². The monoisotopic (exact) mass is 447 g/mol. The number of aromatic nitrogens is 5. The highest BCUT2D eigenvalue weighted by molar-refractivity contribution is 5.94. The summed E-state index contributed by atoms with van der Waals surface area (Å²) in [6.07, 6.45) is 2.10. The number of carbonyl (C=O) groups excluding carboxylic acids is 1. The molecule has 1 aromatic carbocycles. The predicted molar refractivity (Wildman–Crippen MR) is 121 cm³/mol. The molecule has 170 valence electrons. The maximum atomic E-state index is 12.9. The van der Waals surface area contributed by atoms with Crippen molar-refractivity contribution in [2.45, 2.75) is 25.4 Å². The predicted octanol–water partition coefficient (Wildman–Crippen LogP) is 1.85. The number of nitrogens with zero attached hydrogens (tertiary/aromatic N) is 5. The molecule has 4 aromatic rings. The number of nitrogens with one attached hydrogen (secondary N) is 1. The molecule has 1 amide bonds. The summed E-state index contributed by atoms with van der Waals surface area (Å²) in [5.41, 5.74) is 7.55. The van der Waals surface area contributed by atoms with E-state index in [1.165, 1.54) is 15.5 Å². The molecule has 3 N–H and O–H groups in total.